The smallest absolute Gasteiger partial charge is 0.267 e. The molecule has 32 heavy (non-hydrogen) atoms. The summed E-state index contributed by atoms with van der Waals surface area (Å²) < 4.78 is 0. The Kier molecular flexibility index (Phi) is 8.44. The Morgan fingerprint density at radius 3 is 2.34 bits per heavy atom. The van der Waals surface area contributed by atoms with Gasteiger partial charge in [0.1, 0.15) is 12.1 Å². The van der Waals surface area contributed by atoms with Crippen LogP contribution in [0.4, 0.5) is 0 Å². The number of nitrogens with two attached hydrogens (primary N) is 1. The Bertz CT molecular complexity index is 834. The molecule has 4 atom stereocenters. The summed E-state index contributed by atoms with van der Waals surface area (Å²) in [6.07, 6.45) is 1.09. The highest BCUT2D eigenvalue weighted by molar-refractivity contribution is 5.97. The zero-order valence-electron chi connectivity index (χ0n) is 19.8. The lowest BCUT2D eigenvalue weighted by Gasteiger charge is -2.35. The maximum absolute atomic E-state index is 13.5. The second kappa shape index (κ2) is 10.6. The molecule has 0 saturated carbocycles. The molecule has 2 rings (SSSR count). The van der Waals surface area contributed by atoms with E-state index < -0.39 is 23.4 Å². The molecule has 0 spiro atoms. The van der Waals surface area contributed by atoms with Gasteiger partial charge in [0.2, 0.25) is 11.8 Å². The summed E-state index contributed by atoms with van der Waals surface area (Å²) in [6, 6.07) is 7.74. The van der Waals surface area contributed by atoms with E-state index in [-0.39, 0.29) is 36.1 Å². The van der Waals surface area contributed by atoms with E-state index in [4.69, 9.17) is 5.73 Å². The van der Waals surface area contributed by atoms with Crippen LogP contribution < -0.4 is 21.7 Å². The summed E-state index contributed by atoms with van der Waals surface area (Å²) in [5.74, 6) is -1.02. The normalized spacial score (nSPS) is 20.2. The first-order valence-corrected chi connectivity index (χ1v) is 11.1. The third-order valence-corrected chi connectivity index (χ3v) is 5.81. The van der Waals surface area contributed by atoms with Crippen LogP contribution in [0.2, 0.25) is 0 Å². The molecular weight excluding hydrogens is 406 g/mol. The van der Waals surface area contributed by atoms with Crippen LogP contribution in [-0.2, 0) is 14.4 Å². The Labute approximate surface area is 191 Å². The van der Waals surface area contributed by atoms with Crippen molar-refractivity contribution >= 4 is 17.7 Å². The molecule has 0 aromatic heterocycles. The molecule has 1 saturated heterocycles. The van der Waals surface area contributed by atoms with Gasteiger partial charge in [0.15, 0.2) is 0 Å². The van der Waals surface area contributed by atoms with Crippen molar-refractivity contribution in [1.82, 2.24) is 20.9 Å². The van der Waals surface area contributed by atoms with Crippen LogP contribution in [-0.4, -0.2) is 54.3 Å². The number of amides is 3. The fraction of sp³-hybridized carbons (Fsp3) is 0.542. The van der Waals surface area contributed by atoms with Crippen molar-refractivity contribution in [3.8, 4) is 0 Å². The Hall–Kier alpha value is -2.87. The van der Waals surface area contributed by atoms with Gasteiger partial charge in [-0.05, 0) is 23.8 Å². The van der Waals surface area contributed by atoms with Crippen LogP contribution in [0, 0.1) is 5.41 Å². The second-order valence-corrected chi connectivity index (χ2v) is 9.38. The lowest BCUT2D eigenvalue weighted by Crippen LogP contribution is -2.58. The number of hydrogen-bond acceptors (Lipinski definition) is 5. The number of likely N-dealkylation sites (tertiary alicyclic amines) is 1. The molecule has 1 aromatic rings. The molecule has 0 radical (unpaired) electrons. The Balaban J connectivity index is 2.23. The third kappa shape index (κ3) is 6.09. The van der Waals surface area contributed by atoms with E-state index in [1.807, 2.05) is 58.0 Å². The van der Waals surface area contributed by atoms with Gasteiger partial charge in [-0.15, -0.1) is 0 Å². The third-order valence-electron chi connectivity index (χ3n) is 5.81. The van der Waals surface area contributed by atoms with Gasteiger partial charge in [-0.3, -0.25) is 14.4 Å². The predicted octanol–water partition coefficient (Wildman–Crippen LogP) is 1.45. The molecule has 1 fully saturated rings. The van der Waals surface area contributed by atoms with Crippen molar-refractivity contribution in [2.45, 2.75) is 64.7 Å². The molecule has 8 heteroatoms. The van der Waals surface area contributed by atoms with Crippen LogP contribution >= 0.6 is 0 Å². The summed E-state index contributed by atoms with van der Waals surface area (Å²) in [5.41, 5.74) is 6.75. The Morgan fingerprint density at radius 2 is 1.81 bits per heavy atom. The highest BCUT2D eigenvalue weighted by Gasteiger charge is 2.44. The molecule has 3 amide bonds. The standard InChI is InChI=1S/C24H37N5O3/c1-7-18(16-11-9-8-10-12-16)27-22(31)19-13-17(25)14-29(19)23(32)20(24(3,4)5)28-21(30)15(2)26-6/h8-12,17-20,26H,2,7,13-14,25H2,1,3-6H3,(H,27,31)(H,28,30)/t17-,18+,19-,20?/m0/s1. The fourth-order valence-corrected chi connectivity index (χ4v) is 3.88. The maximum atomic E-state index is 13.5. The van der Waals surface area contributed by atoms with Crippen molar-refractivity contribution in [1.29, 1.82) is 0 Å². The molecule has 176 valence electrons. The van der Waals surface area contributed by atoms with Gasteiger partial charge < -0.3 is 26.6 Å². The van der Waals surface area contributed by atoms with Gasteiger partial charge in [0.25, 0.3) is 5.91 Å². The van der Waals surface area contributed by atoms with E-state index in [0.717, 1.165) is 12.0 Å². The quantitative estimate of drug-likeness (QED) is 0.454. The number of nitrogens with zero attached hydrogens (tertiary/aromatic N) is 1. The lowest BCUT2D eigenvalue weighted by atomic mass is 9.85. The maximum Gasteiger partial charge on any atom is 0.267 e. The molecule has 1 aliphatic heterocycles. The fourth-order valence-electron chi connectivity index (χ4n) is 3.88. The van der Waals surface area contributed by atoms with Crippen molar-refractivity contribution in [3.63, 3.8) is 0 Å². The second-order valence-electron chi connectivity index (χ2n) is 9.38. The summed E-state index contributed by atoms with van der Waals surface area (Å²) in [4.78, 5) is 40.7. The minimum Gasteiger partial charge on any atom is -0.384 e. The van der Waals surface area contributed by atoms with Crippen molar-refractivity contribution in [3.05, 3.63) is 48.2 Å². The van der Waals surface area contributed by atoms with Crippen molar-refractivity contribution in [2.24, 2.45) is 11.1 Å². The highest BCUT2D eigenvalue weighted by Crippen LogP contribution is 2.26. The molecule has 1 aromatic carbocycles. The Morgan fingerprint density at radius 1 is 1.19 bits per heavy atom. The van der Waals surface area contributed by atoms with Crippen LogP contribution in [0.1, 0.15) is 52.1 Å². The van der Waals surface area contributed by atoms with Crippen molar-refractivity contribution in [2.75, 3.05) is 13.6 Å². The van der Waals surface area contributed by atoms with Gasteiger partial charge in [-0.25, -0.2) is 0 Å². The van der Waals surface area contributed by atoms with Crippen molar-refractivity contribution < 1.29 is 14.4 Å². The van der Waals surface area contributed by atoms with E-state index in [9.17, 15) is 14.4 Å². The molecule has 1 aliphatic rings. The molecule has 5 N–H and O–H groups in total. The molecule has 8 nitrogen and oxygen atoms in total. The first kappa shape index (κ1) is 25.4. The first-order valence-electron chi connectivity index (χ1n) is 11.1. The number of hydrogen-bond donors (Lipinski definition) is 4. The first-order chi connectivity index (χ1) is 15.0. The van der Waals surface area contributed by atoms with E-state index in [2.05, 4.69) is 22.5 Å². The van der Waals surface area contributed by atoms with Gasteiger partial charge in [-0.2, -0.15) is 0 Å². The summed E-state index contributed by atoms with van der Waals surface area (Å²) in [5, 5.41) is 8.54. The number of rotatable bonds is 8. The average Bonchev–Trinajstić information content (AvgIpc) is 3.16. The molecule has 1 heterocycles. The number of carbonyl (C=O) groups excluding carboxylic acids is 3. The monoisotopic (exact) mass is 443 g/mol. The number of carbonyl (C=O) groups is 3. The summed E-state index contributed by atoms with van der Waals surface area (Å²) in [6.45, 7) is 11.5. The predicted molar refractivity (Wildman–Crippen MR) is 125 cm³/mol. The van der Waals surface area contributed by atoms with E-state index >= 15 is 0 Å². The zero-order chi connectivity index (χ0) is 24.1. The highest BCUT2D eigenvalue weighted by atomic mass is 16.2. The largest absolute Gasteiger partial charge is 0.384 e. The molecule has 1 unspecified atom stereocenters. The van der Waals surface area contributed by atoms with E-state index in [1.54, 1.807) is 7.05 Å². The van der Waals surface area contributed by atoms with Crippen LogP contribution in [0.25, 0.3) is 0 Å². The van der Waals surface area contributed by atoms with Gasteiger partial charge in [-0.1, -0.05) is 64.6 Å². The van der Waals surface area contributed by atoms with E-state index in [0.29, 0.717) is 6.42 Å². The van der Waals surface area contributed by atoms with Gasteiger partial charge in [0, 0.05) is 19.6 Å². The molecule has 0 bridgehead atoms. The minimum atomic E-state index is -0.836. The summed E-state index contributed by atoms with van der Waals surface area (Å²) >= 11 is 0. The summed E-state index contributed by atoms with van der Waals surface area (Å²) in [7, 11) is 1.59. The van der Waals surface area contributed by atoms with Crippen LogP contribution in [0.3, 0.4) is 0 Å². The zero-order valence-corrected chi connectivity index (χ0v) is 19.8. The van der Waals surface area contributed by atoms with Crippen LogP contribution in [0.5, 0.6) is 0 Å². The molecule has 0 aliphatic carbocycles. The minimum absolute atomic E-state index is 0.158. The molecular formula is C24H37N5O3. The number of benzene rings is 1. The number of likely N-dealkylation sites (N-methyl/N-ethyl adjacent to an activating group) is 1. The van der Waals surface area contributed by atoms with E-state index in [1.165, 1.54) is 4.90 Å². The van der Waals surface area contributed by atoms with Gasteiger partial charge >= 0.3 is 0 Å². The lowest BCUT2D eigenvalue weighted by molar-refractivity contribution is -0.143. The number of nitrogens with one attached hydrogen (secondary N) is 3. The average molecular weight is 444 g/mol. The van der Waals surface area contributed by atoms with Crippen LogP contribution in [0.15, 0.2) is 42.6 Å². The topological polar surface area (TPSA) is 117 Å². The SMILES string of the molecule is C=C(NC)C(=O)NC(C(=O)N1C[C@@H](N)C[C@H]1C(=O)N[C@H](CC)c1ccccc1)C(C)(C)C. The van der Waals surface area contributed by atoms with Gasteiger partial charge in [0.05, 0.1) is 11.7 Å².